The van der Waals surface area contributed by atoms with Crippen LogP contribution < -0.4 is 5.32 Å². The zero-order chi connectivity index (χ0) is 13.7. The minimum Gasteiger partial charge on any atom is -0.297 e. The molecule has 0 aliphatic carbocycles. The lowest BCUT2D eigenvalue weighted by Gasteiger charge is -2.02. The van der Waals surface area contributed by atoms with Crippen LogP contribution in [0, 0.1) is 6.92 Å². The Bertz CT molecular complexity index is 592. The molecule has 2 rings (SSSR count). The smallest absolute Gasteiger partial charge is 0.297 e. The van der Waals surface area contributed by atoms with E-state index in [1.54, 1.807) is 38.1 Å². The predicted molar refractivity (Wildman–Crippen MR) is 67.8 cm³/mol. The van der Waals surface area contributed by atoms with Crippen LogP contribution >= 0.6 is 0 Å². The highest BCUT2D eigenvalue weighted by Crippen LogP contribution is 2.06. The summed E-state index contributed by atoms with van der Waals surface area (Å²) in [6, 6.07) is 8.93. The summed E-state index contributed by atoms with van der Waals surface area (Å²) >= 11 is 0. The van der Waals surface area contributed by atoms with E-state index in [-0.39, 0.29) is 0 Å². The molecule has 0 saturated carbocycles. The van der Waals surface area contributed by atoms with Crippen molar-refractivity contribution >= 4 is 17.5 Å². The van der Waals surface area contributed by atoms with Gasteiger partial charge in [0.05, 0.1) is 0 Å². The maximum Gasteiger partial charge on any atom is 0.437 e. The fourth-order valence-corrected chi connectivity index (χ4v) is 1.37. The molecular formula is C12H12N4O3. The summed E-state index contributed by atoms with van der Waals surface area (Å²) in [7, 11) is 0. The summed E-state index contributed by atoms with van der Waals surface area (Å²) in [5, 5.41) is 13.5. The normalized spacial score (nSPS) is 11.2. The molecule has 0 atom stereocenters. The number of carbonyl (C=O) groups excluding carboxylic acids is 1. The second-order valence-corrected chi connectivity index (χ2v) is 3.74. The van der Waals surface area contributed by atoms with Crippen molar-refractivity contribution in [1.82, 2.24) is 10.3 Å². The van der Waals surface area contributed by atoms with Gasteiger partial charge in [0.2, 0.25) is 0 Å². The SMILES string of the molecule is C/C(=N\OC(=O)Nc1ccccc1)c1nonc1C. The lowest BCUT2D eigenvalue weighted by atomic mass is 10.2. The fraction of sp³-hybridized carbons (Fsp3) is 0.167. The van der Waals surface area contributed by atoms with E-state index in [4.69, 9.17) is 4.84 Å². The number of nitrogens with one attached hydrogen (secondary N) is 1. The molecule has 0 spiro atoms. The van der Waals surface area contributed by atoms with Crippen molar-refractivity contribution in [3.8, 4) is 0 Å². The van der Waals surface area contributed by atoms with E-state index < -0.39 is 6.09 Å². The molecule has 0 fully saturated rings. The Morgan fingerprint density at radius 1 is 1.32 bits per heavy atom. The number of carbonyl (C=O) groups is 1. The Morgan fingerprint density at radius 3 is 2.68 bits per heavy atom. The fourth-order valence-electron chi connectivity index (χ4n) is 1.37. The van der Waals surface area contributed by atoms with E-state index in [9.17, 15) is 4.79 Å². The summed E-state index contributed by atoms with van der Waals surface area (Å²) in [6.45, 7) is 3.36. The van der Waals surface area contributed by atoms with Crippen LogP contribution in [0.1, 0.15) is 18.3 Å². The Balaban J connectivity index is 1.95. The topological polar surface area (TPSA) is 89.6 Å². The third kappa shape index (κ3) is 3.38. The second-order valence-electron chi connectivity index (χ2n) is 3.74. The summed E-state index contributed by atoms with van der Waals surface area (Å²) in [4.78, 5) is 16.2. The number of aromatic nitrogens is 2. The van der Waals surface area contributed by atoms with Crippen molar-refractivity contribution in [2.75, 3.05) is 5.32 Å². The molecule has 1 aromatic heterocycles. The lowest BCUT2D eigenvalue weighted by molar-refractivity contribution is 0.166. The Hall–Kier alpha value is -2.70. The molecule has 0 radical (unpaired) electrons. The van der Waals surface area contributed by atoms with Crippen molar-refractivity contribution in [3.05, 3.63) is 41.7 Å². The molecule has 19 heavy (non-hydrogen) atoms. The highest BCUT2D eigenvalue weighted by Gasteiger charge is 2.10. The minimum absolute atomic E-state index is 0.405. The van der Waals surface area contributed by atoms with Gasteiger partial charge < -0.3 is 0 Å². The van der Waals surface area contributed by atoms with E-state index in [1.807, 2.05) is 6.07 Å². The molecule has 0 saturated heterocycles. The summed E-state index contributed by atoms with van der Waals surface area (Å²) in [5.41, 5.74) is 2.06. The van der Waals surface area contributed by atoms with Crippen LogP contribution in [0.15, 0.2) is 40.1 Å². The van der Waals surface area contributed by atoms with Gasteiger partial charge in [0, 0.05) is 5.69 Å². The first-order valence-electron chi connectivity index (χ1n) is 5.54. The molecule has 1 amide bonds. The number of oxime groups is 1. The quantitative estimate of drug-likeness (QED) is 0.519. The average molecular weight is 260 g/mol. The number of para-hydroxylation sites is 1. The van der Waals surface area contributed by atoms with Gasteiger partial charge in [0.1, 0.15) is 11.4 Å². The van der Waals surface area contributed by atoms with Crippen LogP contribution in [0.3, 0.4) is 0 Å². The van der Waals surface area contributed by atoms with Gasteiger partial charge in [-0.3, -0.25) is 10.2 Å². The number of anilines is 1. The molecule has 2 aromatic rings. The third-order valence-electron chi connectivity index (χ3n) is 2.28. The number of hydrogen-bond acceptors (Lipinski definition) is 6. The van der Waals surface area contributed by atoms with Gasteiger partial charge in [-0.1, -0.05) is 28.5 Å². The monoisotopic (exact) mass is 260 g/mol. The molecule has 0 bridgehead atoms. The number of rotatable bonds is 3. The van der Waals surface area contributed by atoms with Crippen molar-refractivity contribution in [3.63, 3.8) is 0 Å². The van der Waals surface area contributed by atoms with Crippen LogP contribution in [0.2, 0.25) is 0 Å². The maximum absolute atomic E-state index is 11.5. The van der Waals surface area contributed by atoms with E-state index in [2.05, 4.69) is 25.4 Å². The van der Waals surface area contributed by atoms with Gasteiger partial charge in [0.15, 0.2) is 5.69 Å². The molecule has 1 N–H and O–H groups in total. The Labute approximate surface area is 109 Å². The standard InChI is InChI=1S/C12H12N4O3/c1-8(11-9(2)15-19-16-11)14-18-12(17)13-10-6-4-3-5-7-10/h3-7H,1-2H3,(H,13,17)/b14-8+. The molecule has 7 nitrogen and oxygen atoms in total. The van der Waals surface area contributed by atoms with E-state index in [0.717, 1.165) is 0 Å². The lowest BCUT2D eigenvalue weighted by Crippen LogP contribution is -2.12. The van der Waals surface area contributed by atoms with Crippen LogP contribution in [0.4, 0.5) is 10.5 Å². The van der Waals surface area contributed by atoms with Crippen molar-refractivity contribution in [2.45, 2.75) is 13.8 Å². The zero-order valence-corrected chi connectivity index (χ0v) is 10.5. The Kier molecular flexibility index (Phi) is 3.87. The van der Waals surface area contributed by atoms with Crippen LogP contribution in [-0.4, -0.2) is 22.1 Å². The summed E-state index contributed by atoms with van der Waals surface area (Å²) < 4.78 is 4.53. The molecule has 98 valence electrons. The Morgan fingerprint density at radius 2 is 2.05 bits per heavy atom. The predicted octanol–water partition coefficient (Wildman–Crippen LogP) is 2.35. The van der Waals surface area contributed by atoms with E-state index >= 15 is 0 Å². The van der Waals surface area contributed by atoms with Crippen LogP contribution in [-0.2, 0) is 4.84 Å². The number of aryl methyl sites for hydroxylation is 1. The van der Waals surface area contributed by atoms with Crippen LogP contribution in [0.5, 0.6) is 0 Å². The van der Waals surface area contributed by atoms with Gasteiger partial charge in [-0.2, -0.15) is 0 Å². The van der Waals surface area contributed by atoms with Gasteiger partial charge in [0.25, 0.3) is 0 Å². The molecule has 0 aliphatic rings. The molecule has 7 heteroatoms. The van der Waals surface area contributed by atoms with Gasteiger partial charge in [-0.25, -0.2) is 9.42 Å². The summed E-state index contributed by atoms with van der Waals surface area (Å²) in [5.74, 6) is 0. The number of benzene rings is 1. The highest BCUT2D eigenvalue weighted by atomic mass is 16.7. The van der Waals surface area contributed by atoms with E-state index in [1.165, 1.54) is 0 Å². The molecule has 1 aromatic carbocycles. The first-order chi connectivity index (χ1) is 9.16. The highest BCUT2D eigenvalue weighted by molar-refractivity contribution is 5.97. The van der Waals surface area contributed by atoms with Crippen LogP contribution in [0.25, 0.3) is 0 Å². The first kappa shape index (κ1) is 12.7. The molecular weight excluding hydrogens is 248 g/mol. The zero-order valence-electron chi connectivity index (χ0n) is 10.5. The van der Waals surface area contributed by atoms with Gasteiger partial charge >= 0.3 is 6.09 Å². The minimum atomic E-state index is -0.681. The average Bonchev–Trinajstić information content (AvgIpc) is 2.83. The number of nitrogens with zero attached hydrogens (tertiary/aromatic N) is 3. The first-order valence-corrected chi connectivity index (χ1v) is 5.54. The van der Waals surface area contributed by atoms with Crippen molar-refractivity contribution in [1.29, 1.82) is 0 Å². The second kappa shape index (κ2) is 5.76. The van der Waals surface area contributed by atoms with Crippen molar-refractivity contribution in [2.24, 2.45) is 5.16 Å². The van der Waals surface area contributed by atoms with Gasteiger partial charge in [-0.15, -0.1) is 0 Å². The molecule has 0 aliphatic heterocycles. The molecule has 1 heterocycles. The third-order valence-corrected chi connectivity index (χ3v) is 2.28. The number of hydrogen-bond donors (Lipinski definition) is 1. The molecule has 0 unspecified atom stereocenters. The maximum atomic E-state index is 11.5. The van der Waals surface area contributed by atoms with Crippen molar-refractivity contribution < 1.29 is 14.3 Å². The van der Waals surface area contributed by atoms with Gasteiger partial charge in [-0.05, 0) is 31.1 Å². The summed E-state index contributed by atoms with van der Waals surface area (Å²) in [6.07, 6.45) is -0.681. The largest absolute Gasteiger partial charge is 0.437 e. The number of amides is 1. The van der Waals surface area contributed by atoms with E-state index in [0.29, 0.717) is 22.8 Å².